The van der Waals surface area contributed by atoms with Gasteiger partial charge in [0.15, 0.2) is 12.4 Å². The molecule has 0 amide bonds. The van der Waals surface area contributed by atoms with Gasteiger partial charge in [-0.25, -0.2) is 5.06 Å². The highest BCUT2D eigenvalue weighted by atomic mass is 17.2. The van der Waals surface area contributed by atoms with Crippen LogP contribution in [0.3, 0.4) is 0 Å². The van der Waals surface area contributed by atoms with E-state index < -0.39 is 9.62 Å². The lowest BCUT2D eigenvalue weighted by Gasteiger charge is -2.33. The average Bonchev–Trinajstić information content (AvgIpc) is 2.45. The molecule has 0 aliphatic carbocycles. The van der Waals surface area contributed by atoms with Crippen LogP contribution in [0.1, 0.15) is 6.92 Å². The topological polar surface area (TPSA) is 43.4 Å². The summed E-state index contributed by atoms with van der Waals surface area (Å²) < 4.78 is 5.16. The molecule has 2 unspecified atom stereocenters. The van der Waals surface area contributed by atoms with Crippen molar-refractivity contribution in [3.8, 4) is 0 Å². The zero-order valence-electron chi connectivity index (χ0n) is 13.9. The summed E-state index contributed by atoms with van der Waals surface area (Å²) in [5, 5.41) is 2.88. The Hall–Kier alpha value is -1.26. The Morgan fingerprint density at radius 3 is 1.86 bits per heavy atom. The molecule has 0 saturated carbocycles. The van der Waals surface area contributed by atoms with Gasteiger partial charge in [-0.15, -0.1) is 5.06 Å². The number of ether oxygens (including phenoxy) is 1. The third-order valence-electron chi connectivity index (χ3n) is 2.68. The Kier molecular flexibility index (Phi) is 7.75. The van der Waals surface area contributed by atoms with Gasteiger partial charge in [0, 0.05) is 27.4 Å². The van der Waals surface area contributed by atoms with E-state index in [4.69, 9.17) is 19.6 Å². The van der Waals surface area contributed by atoms with E-state index in [9.17, 15) is 0 Å². The second kappa shape index (κ2) is 8.25. The van der Waals surface area contributed by atoms with E-state index >= 15 is 0 Å². The van der Waals surface area contributed by atoms with E-state index in [0.29, 0.717) is 0 Å². The molecule has 8 heteroatoms. The maximum absolute atomic E-state index is 5.77. The fourth-order valence-electron chi connectivity index (χ4n) is 1.24. The Morgan fingerprint density at radius 2 is 1.48 bits per heavy atom. The molecule has 0 rings (SSSR count). The lowest BCUT2D eigenvalue weighted by atomic mass is 10.6. The molecule has 0 aliphatic rings. The molecule has 0 fully saturated rings. The van der Waals surface area contributed by atoms with Gasteiger partial charge in [0.2, 0.25) is 0 Å². The normalized spacial score (nSPS) is 18.4. The van der Waals surface area contributed by atoms with Crippen LogP contribution in [0.2, 0.25) is 0 Å². The van der Waals surface area contributed by atoms with E-state index in [-0.39, 0.29) is 6.23 Å². The second-order valence-electron chi connectivity index (χ2n) is 4.54. The first kappa shape index (κ1) is 19.7. The minimum atomic E-state index is -0.433. The number of rotatable bonds is 11. The summed E-state index contributed by atoms with van der Waals surface area (Å²) in [5.74, 6) is 0. The molecule has 122 valence electrons. The molecular formula is C13H28N4O4+2. The van der Waals surface area contributed by atoms with Crippen molar-refractivity contribution in [2.75, 3.05) is 35.3 Å². The number of hydrogen-bond acceptors (Lipinski definition) is 6. The van der Waals surface area contributed by atoms with Crippen LogP contribution >= 0.6 is 0 Å². The number of hydrogen-bond donors (Lipinski definition) is 0. The molecule has 0 radical (unpaired) electrons. The van der Waals surface area contributed by atoms with Crippen molar-refractivity contribution < 1.29 is 29.2 Å². The highest BCUT2D eigenvalue weighted by molar-refractivity contribution is 4.55. The average molecular weight is 304 g/mol. The van der Waals surface area contributed by atoms with Crippen LogP contribution in [0.5, 0.6) is 0 Å². The van der Waals surface area contributed by atoms with Crippen LogP contribution in [-0.4, -0.2) is 61.3 Å². The Bertz CT molecular complexity index is 368. The lowest BCUT2D eigenvalue weighted by Crippen LogP contribution is -2.55. The van der Waals surface area contributed by atoms with Crippen LogP contribution in [0.25, 0.3) is 0 Å². The molecule has 0 saturated heterocycles. The van der Waals surface area contributed by atoms with Gasteiger partial charge in [-0.05, 0) is 25.0 Å². The predicted molar refractivity (Wildman–Crippen MR) is 78.2 cm³/mol. The minimum absolute atomic E-state index is 0.273. The summed E-state index contributed by atoms with van der Waals surface area (Å²) in [5.41, 5.74) is 0. The summed E-state index contributed by atoms with van der Waals surface area (Å²) >= 11 is 0. The van der Waals surface area contributed by atoms with Gasteiger partial charge in [0.25, 0.3) is 0 Å². The fourth-order valence-corrected chi connectivity index (χ4v) is 1.24. The molecular weight excluding hydrogens is 276 g/mol. The molecule has 0 heterocycles. The van der Waals surface area contributed by atoms with Gasteiger partial charge < -0.3 is 4.74 Å². The number of quaternary nitrogens is 2. The molecule has 0 aliphatic heterocycles. The van der Waals surface area contributed by atoms with Gasteiger partial charge in [-0.1, -0.05) is 11.5 Å². The number of nitrogens with zero attached hydrogens (tertiary/aromatic N) is 4. The van der Waals surface area contributed by atoms with Crippen molar-refractivity contribution in [3.05, 3.63) is 38.3 Å². The Balaban J connectivity index is 5.02. The van der Waals surface area contributed by atoms with Crippen molar-refractivity contribution in [2.24, 2.45) is 0 Å². The first-order valence-electron chi connectivity index (χ1n) is 6.36. The molecule has 0 spiro atoms. The van der Waals surface area contributed by atoms with Crippen molar-refractivity contribution in [2.45, 2.75) is 13.2 Å². The molecule has 3 atom stereocenters. The molecule has 0 aromatic carbocycles. The van der Waals surface area contributed by atoms with Crippen molar-refractivity contribution >= 4 is 0 Å². The van der Waals surface area contributed by atoms with Gasteiger partial charge in [0.1, 0.15) is 20.3 Å². The van der Waals surface area contributed by atoms with E-state index in [0.717, 1.165) is 0 Å². The molecule has 0 bridgehead atoms. The second-order valence-corrected chi connectivity index (χ2v) is 4.54. The highest BCUT2D eigenvalue weighted by Gasteiger charge is 2.42. The first-order chi connectivity index (χ1) is 9.65. The summed E-state index contributed by atoms with van der Waals surface area (Å²) in [7, 11) is 8.25. The standard InChI is InChI=1S/C13H28N4O4/c1-10-14(5)19-16(7,11-2)21-17(8,12-3)20-15(6)13(4)18-9/h10-13H,1-3H2,4-9H3/q+2/t13-,16?,17?/m0/s1. The van der Waals surface area contributed by atoms with Crippen LogP contribution in [0.4, 0.5) is 0 Å². The largest absolute Gasteiger partial charge is 0.364 e. The minimum Gasteiger partial charge on any atom is -0.364 e. The fraction of sp³-hybridized carbons (Fsp3) is 0.538. The van der Waals surface area contributed by atoms with Gasteiger partial charge in [-0.3, -0.25) is 0 Å². The smallest absolute Gasteiger partial charge is 0.165 e. The van der Waals surface area contributed by atoms with E-state index in [1.165, 1.54) is 28.7 Å². The van der Waals surface area contributed by atoms with Gasteiger partial charge >= 0.3 is 0 Å². The Morgan fingerprint density at radius 1 is 1.00 bits per heavy atom. The summed E-state index contributed by atoms with van der Waals surface area (Å²) in [6.45, 7) is 12.8. The first-order valence-corrected chi connectivity index (χ1v) is 6.36. The maximum atomic E-state index is 5.77. The quantitative estimate of drug-likeness (QED) is 0.329. The monoisotopic (exact) mass is 304 g/mol. The van der Waals surface area contributed by atoms with Crippen molar-refractivity contribution in [1.82, 2.24) is 10.1 Å². The molecule has 0 N–H and O–H groups in total. The third kappa shape index (κ3) is 6.36. The van der Waals surface area contributed by atoms with Crippen LogP contribution in [0.15, 0.2) is 38.3 Å². The molecule has 21 heavy (non-hydrogen) atoms. The summed E-state index contributed by atoms with van der Waals surface area (Å²) in [6.07, 6.45) is 4.12. The summed E-state index contributed by atoms with van der Waals surface area (Å²) in [6, 6.07) is 0. The predicted octanol–water partition coefficient (Wildman–Crippen LogP) is 1.71. The van der Waals surface area contributed by atoms with E-state index in [1.54, 1.807) is 35.3 Å². The van der Waals surface area contributed by atoms with Crippen LogP contribution in [0, 0.1) is 0 Å². The summed E-state index contributed by atoms with van der Waals surface area (Å²) in [4.78, 5) is 16.1. The molecule has 0 aromatic rings. The van der Waals surface area contributed by atoms with Crippen molar-refractivity contribution in [1.29, 1.82) is 0 Å². The number of hydroxylamine groups is 12. The van der Waals surface area contributed by atoms with E-state index in [1.807, 2.05) is 6.92 Å². The third-order valence-corrected chi connectivity index (χ3v) is 2.68. The van der Waals surface area contributed by atoms with Crippen molar-refractivity contribution in [3.63, 3.8) is 0 Å². The van der Waals surface area contributed by atoms with Gasteiger partial charge in [-0.2, -0.15) is 0 Å². The lowest BCUT2D eigenvalue weighted by molar-refractivity contribution is -1.44. The maximum Gasteiger partial charge on any atom is 0.165 e. The SMILES string of the molecule is C=CN(C)O[N+](C)(C=C)O[N+](C)(C=C)ON(C)[C@H](C)OC. The Labute approximate surface area is 127 Å². The number of methoxy groups -OCH3 is 1. The van der Waals surface area contributed by atoms with E-state index in [2.05, 4.69) is 19.7 Å². The molecule has 8 nitrogen and oxygen atoms in total. The van der Waals surface area contributed by atoms with Crippen LogP contribution in [-0.2, 0) is 19.6 Å². The van der Waals surface area contributed by atoms with Crippen LogP contribution < -0.4 is 0 Å². The van der Waals surface area contributed by atoms with Gasteiger partial charge in [0.05, 0.1) is 14.6 Å². The zero-order valence-corrected chi connectivity index (χ0v) is 13.9. The highest BCUT2D eigenvalue weighted by Crippen LogP contribution is 2.19. The molecule has 0 aromatic heterocycles. The zero-order chi connectivity index (χ0) is 16.7.